The number of rotatable bonds is 4. The number of amides is 1. The Hall–Kier alpha value is -1.89. The van der Waals surface area contributed by atoms with Crippen molar-refractivity contribution in [2.45, 2.75) is 26.8 Å². The van der Waals surface area contributed by atoms with E-state index in [1.54, 1.807) is 24.6 Å². The van der Waals surface area contributed by atoms with Crippen molar-refractivity contribution in [2.24, 2.45) is 7.05 Å². The number of hydrogen-bond acceptors (Lipinski definition) is 4. The molecule has 0 atom stereocenters. The molecule has 0 aliphatic carbocycles. The molecule has 0 saturated heterocycles. The fraction of sp³-hybridized carbons (Fsp3) is 0.462. The first kappa shape index (κ1) is 14.5. The Kier molecular flexibility index (Phi) is 3.80. The monoisotopic (exact) mass is 295 g/mol. The molecule has 2 rings (SSSR count). The maximum Gasteiger partial charge on any atom is 0.323 e. The van der Waals surface area contributed by atoms with Gasteiger partial charge in [-0.25, -0.2) is 0 Å². The second-order valence-corrected chi connectivity index (χ2v) is 5.99. The number of nitrogens with zero attached hydrogens (tertiary/aromatic N) is 3. The van der Waals surface area contributed by atoms with Gasteiger partial charge in [0.25, 0.3) is 5.91 Å². The molecule has 0 aliphatic rings. The number of hydrogen-bond donors (Lipinski definition) is 1. The second-order valence-electron chi connectivity index (χ2n) is 4.96. The Morgan fingerprint density at radius 1 is 1.50 bits per heavy atom. The summed E-state index contributed by atoms with van der Waals surface area (Å²) in [7, 11) is 1.83. The largest absolute Gasteiger partial charge is 0.480 e. The molecule has 2 heterocycles. The number of carboxylic acid groups (broad SMARTS) is 1. The Balaban J connectivity index is 2.38. The molecule has 1 amide bonds. The summed E-state index contributed by atoms with van der Waals surface area (Å²) in [6.07, 6.45) is 0. The lowest BCUT2D eigenvalue weighted by molar-refractivity contribution is -0.138. The van der Waals surface area contributed by atoms with E-state index in [0.717, 1.165) is 15.9 Å². The van der Waals surface area contributed by atoms with Gasteiger partial charge >= 0.3 is 5.97 Å². The lowest BCUT2D eigenvalue weighted by Gasteiger charge is -2.24. The third-order valence-corrected chi connectivity index (χ3v) is 4.29. The summed E-state index contributed by atoms with van der Waals surface area (Å²) >= 11 is 1.34. The summed E-state index contributed by atoms with van der Waals surface area (Å²) in [6, 6.07) is 1.63. The van der Waals surface area contributed by atoms with Crippen LogP contribution >= 0.6 is 11.3 Å². The highest BCUT2D eigenvalue weighted by atomic mass is 32.1. The van der Waals surface area contributed by atoms with Crippen LogP contribution in [0.4, 0.5) is 0 Å². The molecule has 2 aromatic rings. The topological polar surface area (TPSA) is 75.4 Å². The molecule has 0 spiro atoms. The zero-order valence-electron chi connectivity index (χ0n) is 11.9. The van der Waals surface area contributed by atoms with E-state index in [2.05, 4.69) is 5.10 Å². The summed E-state index contributed by atoms with van der Waals surface area (Å²) in [5.74, 6) is -1.26. The normalized spacial score (nSPS) is 11.2. The quantitative estimate of drug-likeness (QED) is 0.934. The van der Waals surface area contributed by atoms with Crippen LogP contribution in [-0.4, -0.2) is 44.3 Å². The van der Waals surface area contributed by atoms with E-state index in [0.29, 0.717) is 4.88 Å². The molecule has 0 bridgehead atoms. The van der Waals surface area contributed by atoms with Crippen molar-refractivity contribution in [3.05, 3.63) is 16.6 Å². The summed E-state index contributed by atoms with van der Waals surface area (Å²) in [4.78, 5) is 26.2. The van der Waals surface area contributed by atoms with Crippen molar-refractivity contribution < 1.29 is 14.7 Å². The molecule has 108 valence electrons. The van der Waals surface area contributed by atoms with Crippen molar-refractivity contribution in [3.63, 3.8) is 0 Å². The second kappa shape index (κ2) is 5.24. The van der Waals surface area contributed by atoms with Crippen LogP contribution in [-0.2, 0) is 11.8 Å². The highest BCUT2D eigenvalue weighted by molar-refractivity contribution is 7.20. The number of carboxylic acids is 1. The Labute approximate surface area is 120 Å². The molecular weight excluding hydrogens is 278 g/mol. The molecule has 0 fully saturated rings. The fourth-order valence-electron chi connectivity index (χ4n) is 2.09. The van der Waals surface area contributed by atoms with E-state index in [9.17, 15) is 9.59 Å². The van der Waals surface area contributed by atoms with Crippen LogP contribution in [0.2, 0.25) is 0 Å². The molecule has 20 heavy (non-hydrogen) atoms. The molecule has 0 aromatic carbocycles. The van der Waals surface area contributed by atoms with Gasteiger partial charge in [0, 0.05) is 18.5 Å². The van der Waals surface area contributed by atoms with Crippen LogP contribution in [0.25, 0.3) is 10.2 Å². The number of carbonyl (C=O) groups excluding carboxylic acids is 1. The van der Waals surface area contributed by atoms with Crippen LogP contribution in [0.3, 0.4) is 0 Å². The van der Waals surface area contributed by atoms with Gasteiger partial charge in [-0.15, -0.1) is 11.3 Å². The fourth-order valence-corrected chi connectivity index (χ4v) is 3.17. The van der Waals surface area contributed by atoms with Crippen LogP contribution in [0.1, 0.15) is 29.2 Å². The third-order valence-electron chi connectivity index (χ3n) is 3.10. The first-order valence-corrected chi connectivity index (χ1v) is 7.08. The summed E-state index contributed by atoms with van der Waals surface area (Å²) in [5, 5.41) is 14.1. The first-order chi connectivity index (χ1) is 9.31. The number of aromatic nitrogens is 2. The first-order valence-electron chi connectivity index (χ1n) is 6.27. The molecular formula is C13H17N3O3S. The van der Waals surface area contributed by atoms with Gasteiger partial charge in [-0.3, -0.25) is 14.3 Å². The highest BCUT2D eigenvalue weighted by Gasteiger charge is 2.24. The molecule has 0 unspecified atom stereocenters. The lowest BCUT2D eigenvalue weighted by atomic mass is 10.2. The summed E-state index contributed by atoms with van der Waals surface area (Å²) in [6.45, 7) is 5.21. The number of fused-ring (bicyclic) bond motifs is 1. The number of thiophene rings is 1. The standard InChI is InChI=1S/C13H17N3O3S/c1-7(2)16(6-11(17)18)12(19)10-5-9-8(3)14-15(4)13(9)20-10/h5,7H,6H2,1-4H3,(H,17,18). The van der Waals surface area contributed by atoms with Gasteiger partial charge in [0.1, 0.15) is 11.4 Å². The zero-order chi connectivity index (χ0) is 15.0. The van der Waals surface area contributed by atoms with Crippen LogP contribution in [0, 0.1) is 6.92 Å². The van der Waals surface area contributed by atoms with Crippen LogP contribution in [0.5, 0.6) is 0 Å². The van der Waals surface area contributed by atoms with Crippen LogP contribution in [0.15, 0.2) is 6.07 Å². The summed E-state index contributed by atoms with van der Waals surface area (Å²) < 4.78 is 1.74. The molecule has 6 nitrogen and oxygen atoms in total. The molecule has 1 N–H and O–H groups in total. The SMILES string of the molecule is Cc1nn(C)c2sc(C(=O)N(CC(=O)O)C(C)C)cc12. The molecule has 0 saturated carbocycles. The van der Waals surface area contributed by atoms with E-state index in [1.807, 2.05) is 14.0 Å². The zero-order valence-corrected chi connectivity index (χ0v) is 12.7. The van der Waals surface area contributed by atoms with Gasteiger partial charge < -0.3 is 10.0 Å². The average molecular weight is 295 g/mol. The minimum atomic E-state index is -1.01. The van der Waals surface area contributed by atoms with Gasteiger partial charge in [-0.2, -0.15) is 5.10 Å². The van der Waals surface area contributed by atoms with Gasteiger partial charge in [0.2, 0.25) is 0 Å². The van der Waals surface area contributed by atoms with Gasteiger partial charge in [0.15, 0.2) is 0 Å². The van der Waals surface area contributed by atoms with Gasteiger partial charge in [-0.1, -0.05) is 0 Å². The van der Waals surface area contributed by atoms with E-state index < -0.39 is 5.97 Å². The van der Waals surface area contributed by atoms with Gasteiger partial charge in [-0.05, 0) is 26.8 Å². The summed E-state index contributed by atoms with van der Waals surface area (Å²) in [5.41, 5.74) is 0.868. The highest BCUT2D eigenvalue weighted by Crippen LogP contribution is 2.28. The predicted octanol–water partition coefficient (Wildman–Crippen LogP) is 1.88. The minimum Gasteiger partial charge on any atom is -0.480 e. The molecule has 7 heteroatoms. The van der Waals surface area contributed by atoms with Crippen molar-refractivity contribution in [2.75, 3.05) is 6.54 Å². The maximum absolute atomic E-state index is 12.5. The van der Waals surface area contributed by atoms with E-state index in [4.69, 9.17) is 5.11 Å². The van der Waals surface area contributed by atoms with Crippen molar-refractivity contribution in [1.82, 2.24) is 14.7 Å². The minimum absolute atomic E-state index is 0.164. The maximum atomic E-state index is 12.5. The lowest BCUT2D eigenvalue weighted by Crippen LogP contribution is -2.40. The number of aliphatic carboxylic acids is 1. The predicted molar refractivity (Wildman–Crippen MR) is 77.1 cm³/mol. The average Bonchev–Trinajstić information content (AvgIpc) is 2.88. The van der Waals surface area contributed by atoms with Crippen molar-refractivity contribution in [3.8, 4) is 0 Å². The molecule has 0 radical (unpaired) electrons. The number of carbonyl (C=O) groups is 2. The van der Waals surface area contributed by atoms with Crippen molar-refractivity contribution >= 4 is 33.4 Å². The van der Waals surface area contributed by atoms with Gasteiger partial charge in [0.05, 0.1) is 10.6 Å². The van der Waals surface area contributed by atoms with E-state index in [1.165, 1.54) is 16.2 Å². The Bertz CT molecular complexity index is 637. The molecule has 2 aromatic heterocycles. The third kappa shape index (κ3) is 2.53. The van der Waals surface area contributed by atoms with E-state index in [-0.39, 0.29) is 18.5 Å². The Morgan fingerprint density at radius 2 is 2.15 bits per heavy atom. The smallest absolute Gasteiger partial charge is 0.323 e. The van der Waals surface area contributed by atoms with Crippen LogP contribution < -0.4 is 0 Å². The van der Waals surface area contributed by atoms with E-state index >= 15 is 0 Å². The van der Waals surface area contributed by atoms with Crippen molar-refractivity contribution in [1.29, 1.82) is 0 Å². The molecule has 0 aliphatic heterocycles. The Morgan fingerprint density at radius 3 is 2.65 bits per heavy atom. The number of aryl methyl sites for hydroxylation is 2.